The highest BCUT2D eigenvalue weighted by molar-refractivity contribution is 7.07. The second-order valence-electron chi connectivity index (χ2n) is 5.75. The molecule has 0 bridgehead atoms. The van der Waals surface area contributed by atoms with E-state index in [1.807, 2.05) is 12.1 Å². The molecule has 0 saturated heterocycles. The number of methoxy groups -OCH3 is 1. The Morgan fingerprint density at radius 1 is 1.16 bits per heavy atom. The van der Waals surface area contributed by atoms with E-state index in [0.29, 0.717) is 25.7 Å². The highest BCUT2D eigenvalue weighted by atomic mass is 32.1. The largest absolute Gasteiger partial charge is 0.491 e. The van der Waals surface area contributed by atoms with Crippen molar-refractivity contribution in [3.63, 3.8) is 0 Å². The van der Waals surface area contributed by atoms with E-state index in [1.165, 1.54) is 11.1 Å². The third-order valence-electron chi connectivity index (χ3n) is 3.85. The van der Waals surface area contributed by atoms with Gasteiger partial charge >= 0.3 is 0 Å². The van der Waals surface area contributed by atoms with Crippen LogP contribution in [-0.2, 0) is 11.3 Å². The van der Waals surface area contributed by atoms with Crippen molar-refractivity contribution in [2.75, 3.05) is 33.9 Å². The van der Waals surface area contributed by atoms with E-state index in [-0.39, 0.29) is 0 Å². The summed E-state index contributed by atoms with van der Waals surface area (Å²) in [5.41, 5.74) is 2.53. The average Bonchev–Trinajstić information content (AvgIpc) is 3.18. The molecule has 2 N–H and O–H groups in total. The number of hydrogen-bond donors (Lipinski definition) is 2. The molecule has 1 aromatic heterocycles. The second-order valence-corrected chi connectivity index (χ2v) is 6.53. The van der Waals surface area contributed by atoms with Gasteiger partial charge in [-0.25, -0.2) is 0 Å². The van der Waals surface area contributed by atoms with Gasteiger partial charge in [0.05, 0.1) is 6.61 Å². The van der Waals surface area contributed by atoms with Crippen LogP contribution in [0.25, 0.3) is 0 Å². The molecule has 5 nitrogen and oxygen atoms in total. The van der Waals surface area contributed by atoms with Crippen molar-refractivity contribution in [2.24, 2.45) is 4.99 Å². The topological polar surface area (TPSA) is 54.9 Å². The zero-order valence-electron chi connectivity index (χ0n) is 15.1. The molecule has 0 fully saturated rings. The highest BCUT2D eigenvalue weighted by Crippen LogP contribution is 2.17. The smallest absolute Gasteiger partial charge is 0.191 e. The maximum Gasteiger partial charge on any atom is 0.191 e. The normalized spacial score (nSPS) is 12.7. The zero-order chi connectivity index (χ0) is 17.9. The molecule has 6 heteroatoms. The molecule has 0 saturated carbocycles. The average molecular weight is 362 g/mol. The number of ether oxygens (including phenoxy) is 2. The van der Waals surface area contributed by atoms with Gasteiger partial charge in [0.2, 0.25) is 0 Å². The van der Waals surface area contributed by atoms with Crippen LogP contribution in [0, 0.1) is 0 Å². The minimum Gasteiger partial charge on any atom is -0.491 e. The van der Waals surface area contributed by atoms with Crippen LogP contribution in [0.2, 0.25) is 0 Å². The standard InChI is InChI=1S/C19H27N3O2S/c1-15(17-8-11-25-14-17)12-21-19(20-2)22-13-16-4-6-18(7-5-16)24-10-9-23-3/h4-8,11,14-15H,9-10,12-13H2,1-3H3,(H2,20,21,22). The Hall–Kier alpha value is -2.05. The van der Waals surface area contributed by atoms with E-state index >= 15 is 0 Å². The summed E-state index contributed by atoms with van der Waals surface area (Å²) in [5, 5.41) is 11.0. The molecular weight excluding hydrogens is 334 g/mol. The first-order chi connectivity index (χ1) is 12.2. The summed E-state index contributed by atoms with van der Waals surface area (Å²) in [7, 11) is 3.46. The fraction of sp³-hybridized carbons (Fsp3) is 0.421. The molecule has 1 heterocycles. The molecule has 2 rings (SSSR count). The first kappa shape index (κ1) is 19.3. The molecule has 136 valence electrons. The minimum absolute atomic E-state index is 0.452. The Labute approximate surface area is 154 Å². The monoisotopic (exact) mass is 361 g/mol. The summed E-state index contributed by atoms with van der Waals surface area (Å²) in [4.78, 5) is 4.28. The Bertz CT molecular complexity index is 627. The predicted octanol–water partition coefficient (Wildman–Crippen LogP) is 3.24. The lowest BCUT2D eigenvalue weighted by molar-refractivity contribution is 0.146. The van der Waals surface area contributed by atoms with Crippen LogP contribution in [0.5, 0.6) is 5.75 Å². The van der Waals surface area contributed by atoms with Gasteiger partial charge in [0, 0.05) is 27.2 Å². The van der Waals surface area contributed by atoms with Crippen molar-refractivity contribution < 1.29 is 9.47 Å². The fourth-order valence-electron chi connectivity index (χ4n) is 2.28. The molecule has 0 aliphatic carbocycles. The van der Waals surface area contributed by atoms with Crippen LogP contribution in [0.3, 0.4) is 0 Å². The lowest BCUT2D eigenvalue weighted by atomic mass is 10.1. The third-order valence-corrected chi connectivity index (χ3v) is 4.55. The third kappa shape index (κ3) is 6.76. The summed E-state index contributed by atoms with van der Waals surface area (Å²) >= 11 is 1.73. The van der Waals surface area contributed by atoms with Gasteiger partial charge in [-0.05, 0) is 46.0 Å². The van der Waals surface area contributed by atoms with Crippen LogP contribution < -0.4 is 15.4 Å². The van der Waals surface area contributed by atoms with E-state index in [4.69, 9.17) is 9.47 Å². The van der Waals surface area contributed by atoms with Gasteiger partial charge < -0.3 is 20.1 Å². The van der Waals surface area contributed by atoms with Crippen molar-refractivity contribution >= 4 is 17.3 Å². The molecule has 0 aliphatic rings. The SMILES string of the molecule is CN=C(NCc1ccc(OCCOC)cc1)NCC(C)c1ccsc1. The summed E-state index contributed by atoms with van der Waals surface area (Å²) in [6.07, 6.45) is 0. The number of rotatable bonds is 9. The van der Waals surface area contributed by atoms with E-state index in [0.717, 1.165) is 18.3 Å². The molecule has 1 unspecified atom stereocenters. The maximum absolute atomic E-state index is 5.57. The van der Waals surface area contributed by atoms with E-state index in [1.54, 1.807) is 25.5 Å². The molecular formula is C19H27N3O2S. The Kier molecular flexibility index (Phi) is 8.28. The zero-order valence-corrected chi connectivity index (χ0v) is 15.9. The van der Waals surface area contributed by atoms with Gasteiger partial charge in [-0.2, -0.15) is 11.3 Å². The summed E-state index contributed by atoms with van der Waals surface area (Å²) in [6.45, 7) is 4.93. The van der Waals surface area contributed by atoms with Gasteiger partial charge in [0.1, 0.15) is 12.4 Å². The summed E-state index contributed by atoms with van der Waals surface area (Å²) < 4.78 is 10.5. The Morgan fingerprint density at radius 3 is 2.60 bits per heavy atom. The van der Waals surface area contributed by atoms with Gasteiger partial charge in [-0.15, -0.1) is 0 Å². The van der Waals surface area contributed by atoms with Crippen molar-refractivity contribution in [3.8, 4) is 5.75 Å². The van der Waals surface area contributed by atoms with E-state index in [2.05, 4.69) is 51.5 Å². The van der Waals surface area contributed by atoms with Crippen LogP contribution in [0.1, 0.15) is 24.0 Å². The predicted molar refractivity (Wildman–Crippen MR) is 105 cm³/mol. The number of benzene rings is 1. The van der Waals surface area contributed by atoms with Crippen LogP contribution in [0.15, 0.2) is 46.1 Å². The first-order valence-electron chi connectivity index (χ1n) is 8.40. The van der Waals surface area contributed by atoms with Gasteiger partial charge in [-0.3, -0.25) is 4.99 Å². The van der Waals surface area contributed by atoms with Gasteiger partial charge in [0.25, 0.3) is 0 Å². The molecule has 1 atom stereocenters. The minimum atomic E-state index is 0.452. The van der Waals surface area contributed by atoms with Gasteiger partial charge in [-0.1, -0.05) is 19.1 Å². The van der Waals surface area contributed by atoms with Crippen LogP contribution in [0.4, 0.5) is 0 Å². The van der Waals surface area contributed by atoms with E-state index in [9.17, 15) is 0 Å². The first-order valence-corrected chi connectivity index (χ1v) is 9.34. The van der Waals surface area contributed by atoms with Crippen molar-refractivity contribution in [3.05, 3.63) is 52.2 Å². The maximum atomic E-state index is 5.57. The molecule has 1 aromatic carbocycles. The van der Waals surface area contributed by atoms with Crippen molar-refractivity contribution in [2.45, 2.75) is 19.4 Å². The fourth-order valence-corrected chi connectivity index (χ4v) is 3.06. The lowest BCUT2D eigenvalue weighted by Crippen LogP contribution is -2.38. The number of aliphatic imine (C=N–C) groups is 1. The number of nitrogens with zero attached hydrogens (tertiary/aromatic N) is 1. The molecule has 0 amide bonds. The summed E-state index contributed by atoms with van der Waals surface area (Å²) in [5.74, 6) is 2.11. The quantitative estimate of drug-likeness (QED) is 0.409. The van der Waals surface area contributed by atoms with Crippen LogP contribution in [-0.4, -0.2) is 39.9 Å². The molecule has 25 heavy (non-hydrogen) atoms. The number of thiophene rings is 1. The van der Waals surface area contributed by atoms with Crippen molar-refractivity contribution in [1.82, 2.24) is 10.6 Å². The summed E-state index contributed by atoms with van der Waals surface area (Å²) in [6, 6.07) is 10.2. The highest BCUT2D eigenvalue weighted by Gasteiger charge is 2.07. The number of hydrogen-bond acceptors (Lipinski definition) is 4. The molecule has 0 aliphatic heterocycles. The Balaban J connectivity index is 1.74. The number of nitrogens with one attached hydrogen (secondary N) is 2. The Morgan fingerprint density at radius 2 is 1.96 bits per heavy atom. The molecule has 2 aromatic rings. The lowest BCUT2D eigenvalue weighted by Gasteiger charge is -2.15. The molecule has 0 spiro atoms. The molecule has 0 radical (unpaired) electrons. The second kappa shape index (κ2) is 10.7. The van der Waals surface area contributed by atoms with Crippen molar-refractivity contribution in [1.29, 1.82) is 0 Å². The van der Waals surface area contributed by atoms with Gasteiger partial charge in [0.15, 0.2) is 5.96 Å². The number of guanidine groups is 1. The van der Waals surface area contributed by atoms with Crippen LogP contribution >= 0.6 is 11.3 Å². The van der Waals surface area contributed by atoms with E-state index < -0.39 is 0 Å².